The lowest BCUT2D eigenvalue weighted by atomic mass is 10.2. The first-order chi connectivity index (χ1) is 17.7. The molecule has 0 fully saturated rings. The van der Waals surface area contributed by atoms with Crippen molar-refractivity contribution < 1.29 is 27.2 Å². The number of hydrogen-bond donors (Lipinski definition) is 1. The summed E-state index contributed by atoms with van der Waals surface area (Å²) in [4.78, 5) is 2.49. The molecule has 0 radical (unpaired) electrons. The van der Waals surface area contributed by atoms with Crippen LogP contribution in [0.2, 0.25) is 0 Å². The average molecular weight is 554 g/mol. The van der Waals surface area contributed by atoms with Gasteiger partial charge in [-0.15, -0.1) is 0 Å². The van der Waals surface area contributed by atoms with Crippen LogP contribution in [0.1, 0.15) is 98.3 Å². The number of unbranched alkanes of at least 4 members (excludes halogenated alkanes) is 6. The Bertz CT molecular complexity index is 415. The molecule has 0 heterocycles. The Hall–Kier alpha value is 0.287. The van der Waals surface area contributed by atoms with Crippen molar-refractivity contribution in [3.63, 3.8) is 0 Å². The van der Waals surface area contributed by atoms with Gasteiger partial charge in [-0.2, -0.15) is 12.6 Å². The van der Waals surface area contributed by atoms with Gasteiger partial charge in [-0.3, -0.25) is 0 Å². The molecule has 0 aromatic rings. The zero-order chi connectivity index (χ0) is 26.6. The van der Waals surface area contributed by atoms with E-state index >= 15 is 0 Å². The fourth-order valence-corrected chi connectivity index (χ4v) is 5.51. The predicted octanol–water partition coefficient (Wildman–Crippen LogP) is 6.12. The van der Waals surface area contributed by atoms with Crippen molar-refractivity contribution >= 4 is 21.7 Å². The van der Waals surface area contributed by atoms with Gasteiger partial charge in [-0.25, -0.2) is 0 Å². The quantitative estimate of drug-likeness (QED) is 0.0653. The summed E-state index contributed by atoms with van der Waals surface area (Å²) in [6, 6.07) is 0. The van der Waals surface area contributed by atoms with E-state index in [-0.39, 0.29) is 0 Å². The van der Waals surface area contributed by atoms with Gasteiger partial charge >= 0.3 is 9.05 Å². The summed E-state index contributed by atoms with van der Waals surface area (Å²) in [6.07, 6.45) is 12.2. The smallest absolute Gasteiger partial charge is 0.379 e. The highest BCUT2D eigenvalue weighted by Crippen LogP contribution is 2.15. The second kappa shape index (κ2) is 28.3. The summed E-state index contributed by atoms with van der Waals surface area (Å²) in [7, 11) is -3.33. The maximum atomic E-state index is 6.39. The minimum Gasteiger partial charge on any atom is -0.379 e. The molecule has 0 amide bonds. The molecule has 0 rings (SSSR count). The first-order valence-corrected chi connectivity index (χ1v) is 17.0. The van der Waals surface area contributed by atoms with Gasteiger partial charge in [0.15, 0.2) is 0 Å². The van der Waals surface area contributed by atoms with Crippen molar-refractivity contribution in [2.24, 2.45) is 0 Å². The molecule has 0 aliphatic heterocycles. The first kappa shape index (κ1) is 36.3. The van der Waals surface area contributed by atoms with E-state index in [0.717, 1.165) is 83.5 Å². The summed E-state index contributed by atoms with van der Waals surface area (Å²) in [6.45, 7) is 16.2. The highest BCUT2D eigenvalue weighted by Gasteiger charge is 2.46. The summed E-state index contributed by atoms with van der Waals surface area (Å²) < 4.78 is 36.6. The molecule has 218 valence electrons. The molecular formula is C27H59NO6SSi. The Balaban J connectivity index is 5.07. The molecule has 0 aliphatic rings. The van der Waals surface area contributed by atoms with Crippen LogP contribution in [0.4, 0.5) is 0 Å². The summed E-state index contributed by atoms with van der Waals surface area (Å²) in [5.41, 5.74) is 0. The van der Waals surface area contributed by atoms with Gasteiger partial charge in [0, 0.05) is 26.4 Å². The molecule has 0 aliphatic carbocycles. The average Bonchev–Trinajstić information content (AvgIpc) is 2.89. The summed E-state index contributed by atoms with van der Waals surface area (Å²) >= 11 is 4.32. The standard InChI is InChI=1S/C27H59NO6SSi/c1-5-9-16-28(17-10-6-2)18-22-32-36(31-21-14-13-15-27-35,33-25-23-29-19-11-7-3)34-26-24-30-20-12-8-4/h35H,5-27H2,1-4H3. The van der Waals surface area contributed by atoms with Crippen molar-refractivity contribution in [1.82, 2.24) is 4.90 Å². The first-order valence-electron chi connectivity index (χ1n) is 14.7. The van der Waals surface area contributed by atoms with Crippen LogP contribution in [0.5, 0.6) is 0 Å². The number of nitrogens with zero attached hydrogens (tertiary/aromatic N) is 1. The van der Waals surface area contributed by atoms with Crippen LogP contribution in [0.15, 0.2) is 0 Å². The van der Waals surface area contributed by atoms with E-state index in [1.807, 2.05) is 0 Å². The number of hydrogen-bond acceptors (Lipinski definition) is 8. The maximum Gasteiger partial charge on any atom is 0.679 e. The van der Waals surface area contributed by atoms with Crippen LogP contribution in [0.3, 0.4) is 0 Å². The highest BCUT2D eigenvalue weighted by molar-refractivity contribution is 7.80. The Morgan fingerprint density at radius 3 is 1.47 bits per heavy atom. The van der Waals surface area contributed by atoms with E-state index < -0.39 is 9.05 Å². The van der Waals surface area contributed by atoms with Crippen LogP contribution in [-0.2, 0) is 27.2 Å². The Labute approximate surface area is 230 Å². The zero-order valence-electron chi connectivity index (χ0n) is 24.1. The largest absolute Gasteiger partial charge is 0.679 e. The zero-order valence-corrected chi connectivity index (χ0v) is 26.0. The van der Waals surface area contributed by atoms with E-state index in [0.29, 0.717) is 39.6 Å². The van der Waals surface area contributed by atoms with E-state index in [1.165, 1.54) is 25.7 Å². The third kappa shape index (κ3) is 22.3. The van der Waals surface area contributed by atoms with Crippen LogP contribution in [0, 0.1) is 0 Å². The number of thiol groups is 1. The van der Waals surface area contributed by atoms with Crippen LogP contribution < -0.4 is 0 Å². The highest BCUT2D eigenvalue weighted by atomic mass is 32.1. The topological polar surface area (TPSA) is 58.6 Å². The van der Waals surface area contributed by atoms with Crippen molar-refractivity contribution in [2.75, 3.05) is 78.2 Å². The Morgan fingerprint density at radius 2 is 0.972 bits per heavy atom. The SMILES string of the molecule is CCCCOCCO[Si](OCCCCCS)(OCCOCCCC)OCCN(CCCC)CCCC. The second-order valence-corrected chi connectivity index (χ2v) is 11.8. The lowest BCUT2D eigenvalue weighted by molar-refractivity contribution is -0.0573. The van der Waals surface area contributed by atoms with E-state index in [9.17, 15) is 0 Å². The molecule has 0 spiro atoms. The van der Waals surface area contributed by atoms with Crippen molar-refractivity contribution in [3.05, 3.63) is 0 Å². The lowest BCUT2D eigenvalue weighted by Crippen LogP contribution is -2.52. The third-order valence-electron chi connectivity index (χ3n) is 5.72. The van der Waals surface area contributed by atoms with Gasteiger partial charge in [0.05, 0.1) is 33.0 Å². The van der Waals surface area contributed by atoms with Gasteiger partial charge in [-0.05, 0) is 57.4 Å². The lowest BCUT2D eigenvalue weighted by Gasteiger charge is -2.30. The molecule has 0 aromatic heterocycles. The van der Waals surface area contributed by atoms with Gasteiger partial charge in [0.2, 0.25) is 0 Å². The van der Waals surface area contributed by atoms with E-state index in [4.69, 9.17) is 27.2 Å². The molecule has 0 saturated carbocycles. The van der Waals surface area contributed by atoms with Crippen LogP contribution >= 0.6 is 12.6 Å². The monoisotopic (exact) mass is 553 g/mol. The maximum absolute atomic E-state index is 6.39. The predicted molar refractivity (Wildman–Crippen MR) is 155 cm³/mol. The Kier molecular flexibility index (Phi) is 28.5. The number of ether oxygens (including phenoxy) is 2. The molecule has 0 N–H and O–H groups in total. The van der Waals surface area contributed by atoms with Gasteiger partial charge < -0.3 is 32.1 Å². The molecule has 0 bridgehead atoms. The van der Waals surface area contributed by atoms with E-state index in [1.54, 1.807) is 0 Å². The van der Waals surface area contributed by atoms with Gasteiger partial charge in [0.25, 0.3) is 0 Å². The third-order valence-corrected chi connectivity index (χ3v) is 8.27. The molecule has 0 saturated heterocycles. The minimum absolute atomic E-state index is 0.401. The van der Waals surface area contributed by atoms with Crippen molar-refractivity contribution in [3.8, 4) is 0 Å². The molecule has 9 heteroatoms. The van der Waals surface area contributed by atoms with Crippen molar-refractivity contribution in [1.29, 1.82) is 0 Å². The fourth-order valence-electron chi connectivity index (χ4n) is 3.38. The molecule has 0 atom stereocenters. The van der Waals surface area contributed by atoms with Crippen molar-refractivity contribution in [2.45, 2.75) is 98.3 Å². The van der Waals surface area contributed by atoms with Gasteiger partial charge in [0.1, 0.15) is 0 Å². The van der Waals surface area contributed by atoms with E-state index in [2.05, 4.69) is 45.2 Å². The van der Waals surface area contributed by atoms with Gasteiger partial charge in [-0.1, -0.05) is 59.8 Å². The molecule has 7 nitrogen and oxygen atoms in total. The normalized spacial score (nSPS) is 12.2. The summed E-state index contributed by atoms with van der Waals surface area (Å²) in [5.74, 6) is 0.890. The summed E-state index contributed by atoms with van der Waals surface area (Å²) in [5, 5.41) is 0. The molecule has 36 heavy (non-hydrogen) atoms. The molecule has 0 unspecified atom stereocenters. The molecular weight excluding hydrogens is 494 g/mol. The minimum atomic E-state index is -3.33. The second-order valence-electron chi connectivity index (χ2n) is 9.16. The molecule has 0 aromatic carbocycles. The van der Waals surface area contributed by atoms with Crippen LogP contribution in [0.25, 0.3) is 0 Å². The number of rotatable bonds is 30. The van der Waals surface area contributed by atoms with Crippen LogP contribution in [-0.4, -0.2) is 92.2 Å². The Morgan fingerprint density at radius 1 is 0.472 bits per heavy atom. The fraction of sp³-hybridized carbons (Fsp3) is 1.00.